The summed E-state index contributed by atoms with van der Waals surface area (Å²) in [7, 11) is 0. The highest BCUT2D eigenvalue weighted by molar-refractivity contribution is 5.97. The van der Waals surface area contributed by atoms with Gasteiger partial charge in [0, 0.05) is 18.8 Å². The van der Waals surface area contributed by atoms with Crippen LogP contribution in [0.1, 0.15) is 21.7 Å². The molecule has 7 nitrogen and oxygen atoms in total. The number of rotatable bonds is 5. The Morgan fingerprint density at radius 2 is 1.87 bits per heavy atom. The Labute approximate surface area is 134 Å². The monoisotopic (exact) mass is 310 g/mol. The maximum atomic E-state index is 12.5. The number of aryl methyl sites for hydroxylation is 1. The third-order valence-electron chi connectivity index (χ3n) is 3.83. The van der Waals surface area contributed by atoms with E-state index in [1.165, 1.54) is 0 Å². The lowest BCUT2D eigenvalue weighted by Gasteiger charge is -2.11. The number of hydrogen-bond donors (Lipinski definition) is 1. The molecule has 0 aliphatic heterocycles. The first-order chi connectivity index (χ1) is 11.2. The van der Waals surface area contributed by atoms with Crippen LogP contribution in [0.5, 0.6) is 0 Å². The molecule has 0 aliphatic rings. The van der Waals surface area contributed by atoms with Crippen LogP contribution in [0.15, 0.2) is 43.2 Å². The minimum atomic E-state index is -0.121. The van der Waals surface area contributed by atoms with Gasteiger partial charge in [-0.2, -0.15) is 0 Å². The molecule has 0 saturated carbocycles. The van der Waals surface area contributed by atoms with E-state index in [1.807, 2.05) is 36.6 Å². The first kappa shape index (κ1) is 15.0. The van der Waals surface area contributed by atoms with E-state index in [4.69, 9.17) is 0 Å². The van der Waals surface area contributed by atoms with Gasteiger partial charge in [0.2, 0.25) is 0 Å². The van der Waals surface area contributed by atoms with Gasteiger partial charge >= 0.3 is 0 Å². The van der Waals surface area contributed by atoms with E-state index in [1.54, 1.807) is 29.6 Å². The van der Waals surface area contributed by atoms with E-state index in [-0.39, 0.29) is 5.91 Å². The van der Waals surface area contributed by atoms with Crippen LogP contribution in [-0.2, 0) is 6.54 Å². The largest absolute Gasteiger partial charge is 0.350 e. The van der Waals surface area contributed by atoms with Crippen molar-refractivity contribution in [3.63, 3.8) is 0 Å². The van der Waals surface area contributed by atoms with E-state index < -0.39 is 0 Å². The number of hydrogen-bond acceptors (Lipinski definition) is 4. The van der Waals surface area contributed by atoms with E-state index in [2.05, 4.69) is 20.5 Å². The normalized spacial score (nSPS) is 10.7. The van der Waals surface area contributed by atoms with Crippen molar-refractivity contribution in [2.75, 3.05) is 6.54 Å². The van der Waals surface area contributed by atoms with Crippen LogP contribution in [-0.4, -0.2) is 36.8 Å². The average Bonchev–Trinajstić information content (AvgIpc) is 3.20. The molecule has 1 amide bonds. The lowest BCUT2D eigenvalue weighted by molar-refractivity contribution is 0.0952. The summed E-state index contributed by atoms with van der Waals surface area (Å²) in [5, 5.41) is 10.5. The zero-order valence-corrected chi connectivity index (χ0v) is 13.1. The lowest BCUT2D eigenvalue weighted by Crippen LogP contribution is -2.28. The smallest absolute Gasteiger partial charge is 0.253 e. The Hall–Kier alpha value is -2.96. The molecule has 0 spiro atoms. The molecule has 2 heterocycles. The molecule has 1 N–H and O–H groups in total. The Morgan fingerprint density at radius 3 is 2.57 bits per heavy atom. The fourth-order valence-corrected chi connectivity index (χ4v) is 2.37. The number of carbonyl (C=O) groups is 1. The number of amides is 1. The van der Waals surface area contributed by atoms with Crippen LogP contribution in [0.4, 0.5) is 0 Å². The molecule has 2 aromatic heterocycles. The molecule has 1 aromatic carbocycles. The number of carbonyl (C=O) groups excluding carboxylic acids is 1. The molecule has 0 unspecified atom stereocenters. The second-order valence-corrected chi connectivity index (χ2v) is 5.25. The summed E-state index contributed by atoms with van der Waals surface area (Å²) < 4.78 is 3.75. The molecular weight excluding hydrogens is 292 g/mol. The highest BCUT2D eigenvalue weighted by Gasteiger charge is 2.12. The molecule has 7 heteroatoms. The maximum Gasteiger partial charge on any atom is 0.253 e. The Kier molecular flexibility index (Phi) is 4.18. The minimum absolute atomic E-state index is 0.121. The average molecular weight is 310 g/mol. The van der Waals surface area contributed by atoms with E-state index in [0.717, 1.165) is 17.1 Å². The maximum absolute atomic E-state index is 12.5. The fourth-order valence-electron chi connectivity index (χ4n) is 2.37. The van der Waals surface area contributed by atoms with Gasteiger partial charge < -0.3 is 9.88 Å². The molecule has 0 aliphatic carbocycles. The molecule has 0 atom stereocenters. The van der Waals surface area contributed by atoms with Crippen molar-refractivity contribution in [1.82, 2.24) is 29.6 Å². The minimum Gasteiger partial charge on any atom is -0.350 e. The van der Waals surface area contributed by atoms with Gasteiger partial charge in [-0.15, -0.1) is 10.2 Å². The quantitative estimate of drug-likeness (QED) is 0.775. The second kappa shape index (κ2) is 6.43. The van der Waals surface area contributed by atoms with Gasteiger partial charge in [-0.25, -0.2) is 4.98 Å². The van der Waals surface area contributed by atoms with Gasteiger partial charge in [-0.05, 0) is 26.0 Å². The Bertz CT molecular complexity index is 806. The number of nitrogens with zero attached hydrogens (tertiary/aromatic N) is 5. The number of nitrogens with one attached hydrogen (secondary N) is 1. The van der Waals surface area contributed by atoms with Crippen molar-refractivity contribution in [1.29, 1.82) is 0 Å². The first-order valence-electron chi connectivity index (χ1n) is 7.37. The van der Waals surface area contributed by atoms with Gasteiger partial charge in [0.05, 0.1) is 23.3 Å². The topological polar surface area (TPSA) is 77.6 Å². The molecule has 0 radical (unpaired) electrons. The predicted molar refractivity (Wildman–Crippen MR) is 85.4 cm³/mol. The van der Waals surface area contributed by atoms with Gasteiger partial charge in [-0.1, -0.05) is 12.1 Å². The third kappa shape index (κ3) is 3.13. The molecule has 0 saturated heterocycles. The van der Waals surface area contributed by atoms with Gasteiger partial charge in [-0.3, -0.25) is 9.36 Å². The highest BCUT2D eigenvalue weighted by Crippen LogP contribution is 2.13. The number of benzene rings is 1. The predicted octanol–water partition coefficient (Wildman–Crippen LogP) is 1.51. The highest BCUT2D eigenvalue weighted by atomic mass is 16.1. The molecule has 0 fully saturated rings. The van der Waals surface area contributed by atoms with Gasteiger partial charge in [0.15, 0.2) is 0 Å². The molecular formula is C16H18N6O. The van der Waals surface area contributed by atoms with E-state index >= 15 is 0 Å². The molecule has 0 bridgehead atoms. The van der Waals surface area contributed by atoms with Crippen molar-refractivity contribution >= 4 is 5.91 Å². The lowest BCUT2D eigenvalue weighted by atomic mass is 10.1. The second-order valence-electron chi connectivity index (χ2n) is 5.25. The molecule has 118 valence electrons. The van der Waals surface area contributed by atoms with E-state index in [9.17, 15) is 4.79 Å². The summed E-state index contributed by atoms with van der Waals surface area (Å²) in [6.07, 6.45) is 4.94. The van der Waals surface area contributed by atoms with Crippen LogP contribution in [0.25, 0.3) is 5.69 Å². The molecule has 23 heavy (non-hydrogen) atoms. The Balaban J connectivity index is 1.68. The summed E-state index contributed by atoms with van der Waals surface area (Å²) in [4.78, 5) is 16.7. The van der Waals surface area contributed by atoms with Crippen LogP contribution >= 0.6 is 0 Å². The standard InChI is InChI=1S/C16H18N6O/c1-12-13(2)21(9-18-12)8-7-17-16(23)14-5-3-4-6-15(14)22-10-19-20-11-22/h3-6,9-11H,7-8H2,1-2H3,(H,17,23). The number of imidazole rings is 1. The van der Waals surface area contributed by atoms with Crippen molar-refractivity contribution < 1.29 is 4.79 Å². The molecule has 3 aromatic rings. The van der Waals surface area contributed by atoms with Crippen LogP contribution in [0.2, 0.25) is 0 Å². The van der Waals surface area contributed by atoms with Gasteiger partial charge in [0.25, 0.3) is 5.91 Å². The van der Waals surface area contributed by atoms with Crippen LogP contribution in [0, 0.1) is 13.8 Å². The summed E-state index contributed by atoms with van der Waals surface area (Å²) in [5.74, 6) is -0.121. The summed E-state index contributed by atoms with van der Waals surface area (Å²) in [5.41, 5.74) is 3.47. The zero-order valence-electron chi connectivity index (χ0n) is 13.1. The van der Waals surface area contributed by atoms with Crippen molar-refractivity contribution in [2.24, 2.45) is 0 Å². The summed E-state index contributed by atoms with van der Waals surface area (Å²) >= 11 is 0. The van der Waals surface area contributed by atoms with Crippen molar-refractivity contribution in [3.8, 4) is 5.69 Å². The van der Waals surface area contributed by atoms with Crippen LogP contribution < -0.4 is 5.32 Å². The van der Waals surface area contributed by atoms with Gasteiger partial charge in [0.1, 0.15) is 12.7 Å². The van der Waals surface area contributed by atoms with Crippen LogP contribution in [0.3, 0.4) is 0 Å². The summed E-state index contributed by atoms with van der Waals surface area (Å²) in [6.45, 7) is 5.21. The zero-order chi connectivity index (χ0) is 16.2. The fraction of sp³-hybridized carbons (Fsp3) is 0.250. The third-order valence-corrected chi connectivity index (χ3v) is 3.83. The Morgan fingerprint density at radius 1 is 1.13 bits per heavy atom. The number of para-hydroxylation sites is 1. The van der Waals surface area contributed by atoms with Crippen molar-refractivity contribution in [3.05, 3.63) is 60.2 Å². The van der Waals surface area contributed by atoms with Crippen molar-refractivity contribution in [2.45, 2.75) is 20.4 Å². The summed E-state index contributed by atoms with van der Waals surface area (Å²) in [6, 6.07) is 7.37. The van der Waals surface area contributed by atoms with E-state index in [0.29, 0.717) is 18.7 Å². The SMILES string of the molecule is Cc1ncn(CCNC(=O)c2ccccc2-n2cnnc2)c1C. The number of aromatic nitrogens is 5. The molecule has 3 rings (SSSR count). The first-order valence-corrected chi connectivity index (χ1v) is 7.37.